The van der Waals surface area contributed by atoms with E-state index in [1.807, 2.05) is 24.5 Å². The number of alkyl halides is 1. The highest BCUT2D eigenvalue weighted by molar-refractivity contribution is 9.08. The monoisotopic (exact) mass is 754 g/mol. The Balaban J connectivity index is 1.09. The molecule has 9 atom stereocenters. The summed E-state index contributed by atoms with van der Waals surface area (Å²) in [6, 6.07) is 4.38. The summed E-state index contributed by atoms with van der Waals surface area (Å²) in [6.07, 6.45) is 13.5. The molecule has 0 amide bonds. The van der Waals surface area contributed by atoms with Crippen molar-refractivity contribution in [2.75, 3.05) is 6.61 Å². The number of allylic oxidation sites excluding steroid dienone is 1. The molecule has 266 valence electrons. The zero-order valence-electron chi connectivity index (χ0n) is 29.1. The van der Waals surface area contributed by atoms with Crippen LogP contribution in [0.2, 0.25) is 0 Å². The quantitative estimate of drug-likeness (QED) is 0.208. The number of ketones is 1. The van der Waals surface area contributed by atoms with Crippen molar-refractivity contribution < 1.29 is 28.9 Å². The minimum Gasteiger partial charge on any atom is -0.458 e. The van der Waals surface area contributed by atoms with Crippen molar-refractivity contribution >= 4 is 45.1 Å². The van der Waals surface area contributed by atoms with E-state index < -0.39 is 29.5 Å². The van der Waals surface area contributed by atoms with Crippen LogP contribution in [0.4, 0.5) is 0 Å². The number of aliphatic hydroxyl groups excluding tert-OH is 1. The summed E-state index contributed by atoms with van der Waals surface area (Å²) in [5, 5.41) is 18.1. The zero-order chi connectivity index (χ0) is 34.1. The third-order valence-corrected chi connectivity index (χ3v) is 15.7. The third kappa shape index (κ3) is 5.39. The van der Waals surface area contributed by atoms with Gasteiger partial charge in [0.2, 0.25) is 5.78 Å². The molecule has 0 radical (unpaired) electrons. The Morgan fingerprint density at radius 2 is 1.96 bits per heavy atom. The molecule has 0 bridgehead atoms. The number of hydrogen-bond acceptors (Lipinski definition) is 8. The molecule has 3 heterocycles. The maximum absolute atomic E-state index is 14.5. The summed E-state index contributed by atoms with van der Waals surface area (Å²) in [7, 11) is 0. The molecule has 2 aromatic rings. The number of fused-ring (bicyclic) bond motifs is 8. The van der Waals surface area contributed by atoms with Crippen LogP contribution in [-0.4, -0.2) is 57.3 Å². The molecule has 10 heteroatoms. The smallest absolute Gasteiger partial charge is 0.306 e. The number of nitrogens with zero attached hydrogens (tertiary/aromatic N) is 2. The number of aromatic nitrogens is 2. The van der Waals surface area contributed by atoms with Crippen molar-refractivity contribution in [2.45, 2.75) is 134 Å². The number of esters is 1. The summed E-state index contributed by atoms with van der Waals surface area (Å²) >= 11 is 5.40. The van der Waals surface area contributed by atoms with Gasteiger partial charge in [0.25, 0.3) is 0 Å². The van der Waals surface area contributed by atoms with Gasteiger partial charge in [-0.05, 0) is 98.3 Å². The van der Waals surface area contributed by atoms with Crippen LogP contribution < -0.4 is 0 Å². The van der Waals surface area contributed by atoms with Gasteiger partial charge in [-0.15, -0.1) is 11.3 Å². The average molecular weight is 756 g/mol. The normalized spacial score (nSPS) is 38.2. The fraction of sp³-hybridized carbons (Fsp3) is 0.718. The number of rotatable bonds is 9. The molecule has 0 aromatic carbocycles. The predicted molar refractivity (Wildman–Crippen MR) is 191 cm³/mol. The lowest BCUT2D eigenvalue weighted by Gasteiger charge is -2.60. The number of thiophene rings is 1. The number of aliphatic hydroxyl groups is 1. The fourth-order valence-electron chi connectivity index (χ4n) is 11.5. The highest BCUT2D eigenvalue weighted by Gasteiger charge is 2.76. The standard InChI is InChI=1S/C39H51BrN2O6S/c1-4-8-34(45)46-22-32(44)39-33(47-36(48-39)23-9-6-5-7-10-23)16-29-28-14-11-25-15-30-24(17-37(25,2)35(28)31(43)18-38(29,39)3)20-41-42(30)21-27-13-12-26(19-40)49-27/h12-13,15,20,23,28-29,31,33,35-36,43H,4-11,14,16-19,21-22H2,1-3H3/t28-,29-,31-,33+,35+,36?,37-,38-,39+/m0/s1. The van der Waals surface area contributed by atoms with E-state index in [9.17, 15) is 14.7 Å². The van der Waals surface area contributed by atoms with Crippen molar-refractivity contribution in [3.63, 3.8) is 0 Å². The molecule has 8 rings (SSSR count). The third-order valence-electron chi connectivity index (χ3n) is 13.7. The molecule has 2 aromatic heterocycles. The van der Waals surface area contributed by atoms with Crippen molar-refractivity contribution in [3.05, 3.63) is 44.9 Å². The summed E-state index contributed by atoms with van der Waals surface area (Å²) in [4.78, 5) is 29.6. The van der Waals surface area contributed by atoms with Crippen LogP contribution in [0, 0.1) is 34.5 Å². The van der Waals surface area contributed by atoms with Gasteiger partial charge in [-0.3, -0.25) is 14.3 Å². The number of carbonyl (C=O) groups is 2. The van der Waals surface area contributed by atoms with Gasteiger partial charge in [0.15, 0.2) is 18.5 Å². The van der Waals surface area contributed by atoms with Gasteiger partial charge < -0.3 is 19.3 Å². The van der Waals surface area contributed by atoms with Crippen LogP contribution in [0.1, 0.15) is 112 Å². The molecule has 5 fully saturated rings. The predicted octanol–water partition coefficient (Wildman–Crippen LogP) is 7.62. The minimum absolute atomic E-state index is 0.0587. The van der Waals surface area contributed by atoms with Gasteiger partial charge >= 0.3 is 5.97 Å². The van der Waals surface area contributed by atoms with E-state index in [2.05, 4.69) is 52.7 Å². The minimum atomic E-state index is -1.23. The van der Waals surface area contributed by atoms with Gasteiger partial charge in [0.1, 0.15) is 0 Å². The first-order chi connectivity index (χ1) is 23.6. The maximum atomic E-state index is 14.5. The Bertz CT molecular complexity index is 1630. The maximum Gasteiger partial charge on any atom is 0.306 e. The molecule has 1 saturated heterocycles. The summed E-state index contributed by atoms with van der Waals surface area (Å²) in [5.41, 5.74) is 1.79. The molecule has 8 nitrogen and oxygen atoms in total. The Morgan fingerprint density at radius 3 is 2.71 bits per heavy atom. The van der Waals surface area contributed by atoms with Crippen molar-refractivity contribution in [2.24, 2.45) is 34.5 Å². The van der Waals surface area contributed by atoms with Gasteiger partial charge in [-0.2, -0.15) is 5.10 Å². The molecular formula is C39H51BrN2O6S. The van der Waals surface area contributed by atoms with Crippen molar-refractivity contribution in [1.29, 1.82) is 0 Å². The number of carbonyl (C=O) groups excluding carboxylic acids is 2. The zero-order valence-corrected chi connectivity index (χ0v) is 31.5. The van der Waals surface area contributed by atoms with E-state index in [1.165, 1.54) is 33.0 Å². The van der Waals surface area contributed by atoms with Crippen LogP contribution in [0.25, 0.3) is 6.08 Å². The number of Topliss-reactive ketones (excluding diaryl/α,β-unsaturated/α-hetero) is 1. The van der Waals surface area contributed by atoms with Crippen LogP contribution in [0.15, 0.2) is 23.9 Å². The molecule has 0 spiro atoms. The fourth-order valence-corrected chi connectivity index (χ4v) is 12.9. The van der Waals surface area contributed by atoms with Crippen LogP contribution >= 0.6 is 27.3 Å². The number of hydrogen-bond donors (Lipinski definition) is 1. The second kappa shape index (κ2) is 13.0. The van der Waals surface area contributed by atoms with E-state index in [4.69, 9.17) is 19.3 Å². The Kier molecular flexibility index (Phi) is 9.07. The summed E-state index contributed by atoms with van der Waals surface area (Å²) in [5.74, 6) is 0.150. The second-order valence-electron chi connectivity index (χ2n) is 16.3. The Morgan fingerprint density at radius 1 is 1.16 bits per heavy atom. The van der Waals surface area contributed by atoms with Crippen LogP contribution in [-0.2, 0) is 42.1 Å². The van der Waals surface area contributed by atoms with Crippen LogP contribution in [0.3, 0.4) is 0 Å². The molecular weight excluding hydrogens is 704 g/mol. The van der Waals surface area contributed by atoms with E-state index in [1.54, 1.807) is 0 Å². The van der Waals surface area contributed by atoms with Crippen molar-refractivity contribution in [1.82, 2.24) is 9.78 Å². The molecule has 49 heavy (non-hydrogen) atoms. The lowest BCUT2D eigenvalue weighted by atomic mass is 9.45. The lowest BCUT2D eigenvalue weighted by molar-refractivity contribution is -0.212. The van der Waals surface area contributed by atoms with E-state index in [-0.39, 0.29) is 53.9 Å². The molecule has 1 unspecified atom stereocenters. The first-order valence-electron chi connectivity index (χ1n) is 18.7. The SMILES string of the molecule is CCCC(=O)OCC(=O)[C@@]12OC(C3CCCCC3)O[C@@H]1C[C@H]1[C@@H]3CCC4=Cc5c(cnn5Cc5ccc(CBr)s5)C[C@]4(C)[C@H]3[C@@H](O)C[C@@]12C. The van der Waals surface area contributed by atoms with Gasteiger partial charge in [-0.25, -0.2) is 0 Å². The first-order valence-corrected chi connectivity index (χ1v) is 20.6. The Labute approximate surface area is 302 Å². The number of ether oxygens (including phenoxy) is 3. The van der Waals surface area contributed by atoms with E-state index in [0.717, 1.165) is 63.2 Å². The van der Waals surface area contributed by atoms with Gasteiger partial charge in [-0.1, -0.05) is 61.5 Å². The van der Waals surface area contributed by atoms with Crippen molar-refractivity contribution in [3.8, 4) is 0 Å². The molecule has 1 N–H and O–H groups in total. The van der Waals surface area contributed by atoms with Gasteiger partial charge in [0.05, 0.1) is 30.6 Å². The summed E-state index contributed by atoms with van der Waals surface area (Å²) in [6.45, 7) is 6.93. The average Bonchev–Trinajstić information content (AvgIpc) is 3.86. The Hall–Kier alpha value is -1.85. The highest BCUT2D eigenvalue weighted by atomic mass is 79.9. The largest absolute Gasteiger partial charge is 0.458 e. The van der Waals surface area contributed by atoms with Crippen LogP contribution in [0.5, 0.6) is 0 Å². The lowest BCUT2D eigenvalue weighted by Crippen LogP contribution is -2.64. The molecule has 6 aliphatic rings. The van der Waals surface area contributed by atoms with E-state index in [0.29, 0.717) is 12.8 Å². The topological polar surface area (TPSA) is 99.9 Å². The molecule has 1 aliphatic heterocycles. The molecule has 4 saturated carbocycles. The second-order valence-corrected chi connectivity index (χ2v) is 18.1. The first kappa shape index (κ1) is 34.2. The van der Waals surface area contributed by atoms with E-state index >= 15 is 0 Å². The molecule has 5 aliphatic carbocycles. The summed E-state index contributed by atoms with van der Waals surface area (Å²) < 4.78 is 21.5. The highest BCUT2D eigenvalue weighted by Crippen LogP contribution is 2.70. The van der Waals surface area contributed by atoms with Gasteiger partial charge in [0, 0.05) is 32.8 Å². The number of halogens is 1.